The highest BCUT2D eigenvalue weighted by atomic mass is 32.2. The summed E-state index contributed by atoms with van der Waals surface area (Å²) in [7, 11) is 4.60. The molecule has 0 saturated heterocycles. The van der Waals surface area contributed by atoms with Gasteiger partial charge in [-0.25, -0.2) is 4.79 Å². The Bertz CT molecular complexity index is 1260. The maximum atomic E-state index is 12.4. The van der Waals surface area contributed by atoms with E-state index in [1.54, 1.807) is 19.1 Å². The second-order valence-corrected chi connectivity index (χ2v) is 7.63. The number of esters is 1. The van der Waals surface area contributed by atoms with Gasteiger partial charge in [-0.15, -0.1) is 10.2 Å². The molecule has 2 aromatic heterocycles. The molecule has 0 aliphatic heterocycles. The molecule has 4 rings (SSSR count). The standard InChI is InChI=1S/C23H22N2O7S/c1-5-30-22(26)19-15(14-8-6-7-9-16(14)31-19)12-33-23-25-24-21(32-23)13-10-17(27-2)20(29-4)18(11-13)28-3/h6-11H,5,12H2,1-4H3. The van der Waals surface area contributed by atoms with E-state index >= 15 is 0 Å². The lowest BCUT2D eigenvalue weighted by Crippen LogP contribution is -2.05. The normalized spacial score (nSPS) is 10.9. The lowest BCUT2D eigenvalue weighted by atomic mass is 10.1. The molecule has 2 aromatic carbocycles. The van der Waals surface area contributed by atoms with E-state index < -0.39 is 5.97 Å². The molecule has 0 amide bonds. The first-order valence-corrected chi connectivity index (χ1v) is 11.0. The molecule has 9 nitrogen and oxygen atoms in total. The molecule has 10 heteroatoms. The number of carbonyl (C=O) groups is 1. The van der Waals surface area contributed by atoms with Gasteiger partial charge in [-0.2, -0.15) is 0 Å². The highest BCUT2D eigenvalue weighted by Crippen LogP contribution is 2.41. The van der Waals surface area contributed by atoms with Gasteiger partial charge < -0.3 is 27.8 Å². The molecule has 172 valence electrons. The number of fused-ring (bicyclic) bond motifs is 1. The molecule has 4 aromatic rings. The Kier molecular flexibility index (Phi) is 6.74. The summed E-state index contributed by atoms with van der Waals surface area (Å²) in [6.45, 7) is 2.00. The van der Waals surface area contributed by atoms with Crippen molar-refractivity contribution in [2.45, 2.75) is 17.9 Å². The third-order valence-corrected chi connectivity index (χ3v) is 5.66. The van der Waals surface area contributed by atoms with Crippen molar-refractivity contribution in [3.8, 4) is 28.7 Å². The van der Waals surface area contributed by atoms with Gasteiger partial charge in [0, 0.05) is 22.3 Å². The van der Waals surface area contributed by atoms with Crippen molar-refractivity contribution in [2.75, 3.05) is 27.9 Å². The van der Waals surface area contributed by atoms with Gasteiger partial charge in [0.2, 0.25) is 17.4 Å². The van der Waals surface area contributed by atoms with E-state index in [4.69, 9.17) is 27.8 Å². The summed E-state index contributed by atoms with van der Waals surface area (Å²) in [5.74, 6) is 1.76. The van der Waals surface area contributed by atoms with Crippen molar-refractivity contribution >= 4 is 28.7 Å². The van der Waals surface area contributed by atoms with Crippen LogP contribution in [-0.4, -0.2) is 44.1 Å². The number of rotatable bonds is 9. The van der Waals surface area contributed by atoms with Crippen LogP contribution in [0.25, 0.3) is 22.4 Å². The first kappa shape index (κ1) is 22.5. The van der Waals surface area contributed by atoms with E-state index in [2.05, 4.69) is 10.2 Å². The minimum absolute atomic E-state index is 0.176. The van der Waals surface area contributed by atoms with Crippen LogP contribution in [0.1, 0.15) is 23.0 Å². The first-order valence-electron chi connectivity index (χ1n) is 10.0. The fraction of sp³-hybridized carbons (Fsp3) is 0.261. The Hall–Kier alpha value is -3.66. The summed E-state index contributed by atoms with van der Waals surface area (Å²) in [6, 6.07) is 10.9. The number of furan rings is 1. The van der Waals surface area contributed by atoms with Gasteiger partial charge in [-0.1, -0.05) is 30.0 Å². The fourth-order valence-electron chi connectivity index (χ4n) is 3.33. The molecule has 0 N–H and O–H groups in total. The van der Waals surface area contributed by atoms with Crippen LogP contribution in [0.2, 0.25) is 0 Å². The van der Waals surface area contributed by atoms with E-state index in [0.29, 0.717) is 50.8 Å². The average molecular weight is 471 g/mol. The minimum Gasteiger partial charge on any atom is -0.493 e. The maximum Gasteiger partial charge on any atom is 0.374 e. The fourth-order valence-corrected chi connectivity index (χ4v) is 4.12. The van der Waals surface area contributed by atoms with Gasteiger partial charge in [0.25, 0.3) is 5.22 Å². The molecule has 0 unspecified atom stereocenters. The molecular formula is C23H22N2O7S. The molecule has 0 radical (unpaired) electrons. The van der Waals surface area contributed by atoms with Gasteiger partial charge in [-0.3, -0.25) is 0 Å². The number of ether oxygens (including phenoxy) is 4. The minimum atomic E-state index is -0.507. The van der Waals surface area contributed by atoms with Crippen molar-refractivity contribution in [2.24, 2.45) is 0 Å². The number of thioether (sulfide) groups is 1. The lowest BCUT2D eigenvalue weighted by Gasteiger charge is -2.12. The van der Waals surface area contributed by atoms with Crippen molar-refractivity contribution in [3.05, 3.63) is 47.7 Å². The Labute approximate surface area is 194 Å². The number of para-hydroxylation sites is 1. The van der Waals surface area contributed by atoms with Crippen LogP contribution >= 0.6 is 11.8 Å². The monoisotopic (exact) mass is 470 g/mol. The summed E-state index contributed by atoms with van der Waals surface area (Å²) < 4.78 is 32.9. The van der Waals surface area contributed by atoms with Crippen LogP contribution in [0.4, 0.5) is 0 Å². The zero-order valence-electron chi connectivity index (χ0n) is 18.5. The van der Waals surface area contributed by atoms with Crippen LogP contribution in [0.5, 0.6) is 17.2 Å². The quantitative estimate of drug-likeness (QED) is 0.246. The van der Waals surface area contributed by atoms with Crippen molar-refractivity contribution < 1.29 is 32.6 Å². The van der Waals surface area contributed by atoms with Crippen LogP contribution in [0.15, 0.2) is 50.5 Å². The summed E-state index contributed by atoms with van der Waals surface area (Å²) in [5, 5.41) is 9.42. The Morgan fingerprint density at radius 3 is 2.39 bits per heavy atom. The zero-order valence-corrected chi connectivity index (χ0v) is 19.4. The van der Waals surface area contributed by atoms with Gasteiger partial charge in [0.15, 0.2) is 11.5 Å². The Morgan fingerprint density at radius 1 is 1.00 bits per heavy atom. The smallest absolute Gasteiger partial charge is 0.374 e. The van der Waals surface area contributed by atoms with Crippen molar-refractivity contribution in [1.82, 2.24) is 10.2 Å². The first-order chi connectivity index (χ1) is 16.1. The number of nitrogens with zero attached hydrogens (tertiary/aromatic N) is 2. The second kappa shape index (κ2) is 9.86. The Morgan fingerprint density at radius 2 is 1.73 bits per heavy atom. The number of methoxy groups -OCH3 is 3. The second-order valence-electron chi connectivity index (χ2n) is 6.70. The Balaban J connectivity index is 1.60. The SMILES string of the molecule is CCOC(=O)c1oc2ccccc2c1CSc1nnc(-c2cc(OC)c(OC)c(OC)c2)o1. The van der Waals surface area contributed by atoms with E-state index in [1.807, 2.05) is 24.3 Å². The third-order valence-electron chi connectivity index (χ3n) is 4.82. The van der Waals surface area contributed by atoms with Gasteiger partial charge >= 0.3 is 5.97 Å². The number of hydrogen-bond donors (Lipinski definition) is 0. The summed E-state index contributed by atoms with van der Waals surface area (Å²) in [5.41, 5.74) is 1.94. The predicted octanol–water partition coefficient (Wildman–Crippen LogP) is 4.98. The summed E-state index contributed by atoms with van der Waals surface area (Å²) >= 11 is 1.29. The topological polar surface area (TPSA) is 106 Å². The van der Waals surface area contributed by atoms with Gasteiger partial charge in [0.1, 0.15) is 5.58 Å². The van der Waals surface area contributed by atoms with Gasteiger partial charge in [-0.05, 0) is 25.1 Å². The predicted molar refractivity (Wildman–Crippen MR) is 121 cm³/mol. The van der Waals surface area contributed by atoms with Gasteiger partial charge in [0.05, 0.1) is 27.9 Å². The molecule has 2 heterocycles. The van der Waals surface area contributed by atoms with Crippen LogP contribution in [0, 0.1) is 0 Å². The molecule has 0 bridgehead atoms. The van der Waals surface area contributed by atoms with E-state index in [-0.39, 0.29) is 12.4 Å². The third kappa shape index (κ3) is 4.47. The number of carbonyl (C=O) groups excluding carboxylic acids is 1. The molecule has 0 fully saturated rings. The molecule has 33 heavy (non-hydrogen) atoms. The number of hydrogen-bond acceptors (Lipinski definition) is 10. The molecule has 0 spiro atoms. The maximum absolute atomic E-state index is 12.4. The van der Waals surface area contributed by atoms with Crippen LogP contribution in [-0.2, 0) is 10.5 Å². The van der Waals surface area contributed by atoms with E-state index in [0.717, 1.165) is 5.39 Å². The molecule has 0 atom stereocenters. The van der Waals surface area contributed by atoms with E-state index in [1.165, 1.54) is 33.1 Å². The summed E-state index contributed by atoms with van der Waals surface area (Å²) in [6.07, 6.45) is 0. The van der Waals surface area contributed by atoms with Crippen molar-refractivity contribution in [3.63, 3.8) is 0 Å². The van der Waals surface area contributed by atoms with Crippen molar-refractivity contribution in [1.29, 1.82) is 0 Å². The van der Waals surface area contributed by atoms with Crippen LogP contribution < -0.4 is 14.2 Å². The average Bonchev–Trinajstić information content (AvgIpc) is 3.46. The number of benzene rings is 2. The zero-order chi connectivity index (χ0) is 23.4. The summed E-state index contributed by atoms with van der Waals surface area (Å²) in [4.78, 5) is 12.4. The van der Waals surface area contributed by atoms with E-state index in [9.17, 15) is 4.79 Å². The number of aromatic nitrogens is 2. The highest BCUT2D eigenvalue weighted by Gasteiger charge is 2.23. The molecule has 0 saturated carbocycles. The lowest BCUT2D eigenvalue weighted by molar-refractivity contribution is 0.0491. The molecule has 0 aliphatic rings. The highest BCUT2D eigenvalue weighted by molar-refractivity contribution is 7.98. The molecular weight excluding hydrogens is 448 g/mol. The molecule has 0 aliphatic carbocycles. The van der Waals surface area contributed by atoms with Crippen LogP contribution in [0.3, 0.4) is 0 Å². The largest absolute Gasteiger partial charge is 0.493 e.